The highest BCUT2D eigenvalue weighted by molar-refractivity contribution is 5.98. The second-order valence-corrected chi connectivity index (χ2v) is 7.36. The molecule has 0 atom stereocenters. The third-order valence-corrected chi connectivity index (χ3v) is 5.75. The maximum atomic E-state index is 13.0. The van der Waals surface area contributed by atoms with E-state index in [4.69, 9.17) is 9.47 Å². The first-order valence-corrected chi connectivity index (χ1v) is 9.24. The topological polar surface area (TPSA) is 45.3 Å². The summed E-state index contributed by atoms with van der Waals surface area (Å²) < 4.78 is 11.1. The van der Waals surface area contributed by atoms with Gasteiger partial charge in [-0.05, 0) is 38.4 Å². The number of carbonyl (C=O) groups is 1. The Morgan fingerprint density at radius 1 is 1.00 bits per heavy atom. The molecular formula is C19H27N3O3. The lowest BCUT2D eigenvalue weighted by atomic mass is 10.0. The molecule has 4 rings (SSSR count). The minimum absolute atomic E-state index is 0.0681. The van der Waals surface area contributed by atoms with Gasteiger partial charge in [0, 0.05) is 45.3 Å². The van der Waals surface area contributed by atoms with E-state index in [-0.39, 0.29) is 12.7 Å². The smallest absolute Gasteiger partial charge is 0.257 e. The van der Waals surface area contributed by atoms with Crippen molar-refractivity contribution in [2.45, 2.75) is 25.8 Å². The molecule has 0 radical (unpaired) electrons. The van der Waals surface area contributed by atoms with Crippen LogP contribution in [0.2, 0.25) is 0 Å². The molecule has 6 heteroatoms. The number of hydrogen-bond acceptors (Lipinski definition) is 5. The minimum atomic E-state index is 0.0681. The van der Waals surface area contributed by atoms with Crippen LogP contribution in [0, 0.1) is 6.92 Å². The molecule has 136 valence electrons. The molecule has 0 aromatic heterocycles. The van der Waals surface area contributed by atoms with E-state index < -0.39 is 0 Å². The van der Waals surface area contributed by atoms with E-state index in [9.17, 15) is 4.79 Å². The minimum Gasteiger partial charge on any atom is -0.453 e. The molecule has 3 aliphatic heterocycles. The zero-order valence-corrected chi connectivity index (χ0v) is 15.2. The molecule has 3 aliphatic rings. The Morgan fingerprint density at radius 3 is 2.40 bits per heavy atom. The Bertz CT molecular complexity index is 648. The lowest BCUT2D eigenvalue weighted by Crippen LogP contribution is -2.53. The number of likely N-dealkylation sites (tertiary alicyclic amines) is 1. The van der Waals surface area contributed by atoms with Gasteiger partial charge in [-0.25, -0.2) is 0 Å². The number of carbonyl (C=O) groups excluding carboxylic acids is 1. The molecule has 1 aromatic carbocycles. The van der Waals surface area contributed by atoms with Gasteiger partial charge in [0.1, 0.15) is 0 Å². The number of ether oxygens (including phenoxy) is 2. The summed E-state index contributed by atoms with van der Waals surface area (Å²) in [4.78, 5) is 19.9. The summed E-state index contributed by atoms with van der Waals surface area (Å²) >= 11 is 0. The fourth-order valence-corrected chi connectivity index (χ4v) is 4.09. The maximum Gasteiger partial charge on any atom is 0.257 e. The number of fused-ring (bicyclic) bond motifs is 1. The van der Waals surface area contributed by atoms with Gasteiger partial charge in [0.25, 0.3) is 5.91 Å². The molecule has 1 aromatic rings. The van der Waals surface area contributed by atoms with Gasteiger partial charge in [0.05, 0.1) is 5.56 Å². The summed E-state index contributed by atoms with van der Waals surface area (Å²) in [5, 5.41) is 0. The van der Waals surface area contributed by atoms with Crippen LogP contribution in [-0.4, -0.2) is 79.8 Å². The van der Waals surface area contributed by atoms with Crippen molar-refractivity contribution >= 4 is 5.91 Å². The summed E-state index contributed by atoms with van der Waals surface area (Å²) in [6, 6.07) is 4.43. The second-order valence-electron chi connectivity index (χ2n) is 7.36. The first kappa shape index (κ1) is 16.7. The average molecular weight is 345 g/mol. The highest BCUT2D eigenvalue weighted by Gasteiger charge is 2.31. The van der Waals surface area contributed by atoms with Crippen molar-refractivity contribution in [3.8, 4) is 11.5 Å². The van der Waals surface area contributed by atoms with Crippen LogP contribution in [0.5, 0.6) is 11.5 Å². The van der Waals surface area contributed by atoms with Crippen molar-refractivity contribution in [2.75, 3.05) is 53.1 Å². The molecule has 1 amide bonds. The Labute approximate surface area is 149 Å². The molecule has 3 heterocycles. The van der Waals surface area contributed by atoms with Crippen LogP contribution in [0.4, 0.5) is 0 Å². The Kier molecular flexibility index (Phi) is 4.56. The van der Waals surface area contributed by atoms with Crippen molar-refractivity contribution in [2.24, 2.45) is 0 Å². The van der Waals surface area contributed by atoms with Crippen molar-refractivity contribution < 1.29 is 14.3 Å². The summed E-state index contributed by atoms with van der Waals surface area (Å²) in [6.45, 7) is 8.39. The fraction of sp³-hybridized carbons (Fsp3) is 0.632. The van der Waals surface area contributed by atoms with E-state index in [2.05, 4.69) is 16.8 Å². The standard InChI is InChI=1S/C19H27N3O3/c1-14-3-4-16(18-17(14)24-13-25-18)19(23)22-7-5-15(6-8-22)21-11-9-20(2)10-12-21/h3-4,15H,5-13H2,1-2H3. The second kappa shape index (κ2) is 6.84. The molecule has 25 heavy (non-hydrogen) atoms. The molecule has 0 unspecified atom stereocenters. The number of hydrogen-bond donors (Lipinski definition) is 0. The van der Waals surface area contributed by atoms with E-state index in [0.717, 1.165) is 63.4 Å². The lowest BCUT2D eigenvalue weighted by Gasteiger charge is -2.42. The highest BCUT2D eigenvalue weighted by Crippen LogP contribution is 2.39. The van der Waals surface area contributed by atoms with Crippen molar-refractivity contribution in [1.82, 2.24) is 14.7 Å². The monoisotopic (exact) mass is 345 g/mol. The normalized spacial score (nSPS) is 22.4. The van der Waals surface area contributed by atoms with Crippen LogP contribution in [-0.2, 0) is 0 Å². The van der Waals surface area contributed by atoms with E-state index in [0.29, 0.717) is 17.4 Å². The van der Waals surface area contributed by atoms with Crippen LogP contribution < -0.4 is 9.47 Å². The van der Waals surface area contributed by atoms with Gasteiger partial charge in [0.15, 0.2) is 11.5 Å². The first-order chi connectivity index (χ1) is 12.1. The molecule has 2 saturated heterocycles. The number of aryl methyl sites for hydroxylation is 1. The maximum absolute atomic E-state index is 13.0. The third-order valence-electron chi connectivity index (χ3n) is 5.75. The molecule has 0 spiro atoms. The van der Waals surface area contributed by atoms with Crippen LogP contribution in [0.15, 0.2) is 12.1 Å². The Balaban J connectivity index is 1.40. The Morgan fingerprint density at radius 2 is 1.68 bits per heavy atom. The van der Waals surface area contributed by atoms with Crippen LogP contribution in [0.1, 0.15) is 28.8 Å². The molecular weight excluding hydrogens is 318 g/mol. The average Bonchev–Trinajstić information content (AvgIpc) is 3.13. The van der Waals surface area contributed by atoms with E-state index in [1.54, 1.807) is 0 Å². The molecule has 2 fully saturated rings. The molecule has 0 aliphatic carbocycles. The van der Waals surface area contributed by atoms with Gasteiger partial charge in [-0.15, -0.1) is 0 Å². The zero-order chi connectivity index (χ0) is 17.4. The van der Waals surface area contributed by atoms with E-state index in [1.807, 2.05) is 24.0 Å². The summed E-state index contributed by atoms with van der Waals surface area (Å²) in [6.07, 6.45) is 2.11. The zero-order valence-electron chi connectivity index (χ0n) is 15.2. The SMILES string of the molecule is Cc1ccc(C(=O)N2CCC(N3CCN(C)CC3)CC2)c2c1OCO2. The molecule has 0 saturated carbocycles. The summed E-state index contributed by atoms with van der Waals surface area (Å²) in [5.74, 6) is 1.41. The predicted octanol–water partition coefficient (Wildman–Crippen LogP) is 1.58. The fourth-order valence-electron chi connectivity index (χ4n) is 4.09. The van der Waals surface area contributed by atoms with Gasteiger partial charge in [-0.3, -0.25) is 9.69 Å². The number of benzene rings is 1. The number of piperidine rings is 1. The van der Waals surface area contributed by atoms with Crippen LogP contribution >= 0.6 is 0 Å². The van der Waals surface area contributed by atoms with Gasteiger partial charge < -0.3 is 19.3 Å². The number of nitrogens with zero attached hydrogens (tertiary/aromatic N) is 3. The van der Waals surface area contributed by atoms with E-state index >= 15 is 0 Å². The van der Waals surface area contributed by atoms with Crippen molar-refractivity contribution in [1.29, 1.82) is 0 Å². The number of likely N-dealkylation sites (N-methyl/N-ethyl adjacent to an activating group) is 1. The van der Waals surface area contributed by atoms with Crippen LogP contribution in [0.3, 0.4) is 0 Å². The summed E-state index contributed by atoms with van der Waals surface area (Å²) in [5.41, 5.74) is 1.65. The van der Waals surface area contributed by atoms with Crippen molar-refractivity contribution in [3.05, 3.63) is 23.3 Å². The third kappa shape index (κ3) is 3.20. The first-order valence-electron chi connectivity index (χ1n) is 9.24. The van der Waals surface area contributed by atoms with Crippen LogP contribution in [0.25, 0.3) is 0 Å². The lowest BCUT2D eigenvalue weighted by molar-refractivity contribution is 0.0516. The molecule has 6 nitrogen and oxygen atoms in total. The van der Waals surface area contributed by atoms with Gasteiger partial charge in [0.2, 0.25) is 6.79 Å². The molecule has 0 bridgehead atoms. The number of amides is 1. The number of piperazine rings is 1. The van der Waals surface area contributed by atoms with E-state index in [1.165, 1.54) is 0 Å². The van der Waals surface area contributed by atoms with Crippen molar-refractivity contribution in [3.63, 3.8) is 0 Å². The largest absolute Gasteiger partial charge is 0.453 e. The number of rotatable bonds is 2. The van der Waals surface area contributed by atoms with Gasteiger partial charge in [-0.1, -0.05) is 6.07 Å². The quantitative estimate of drug-likeness (QED) is 0.814. The predicted molar refractivity (Wildman–Crippen MR) is 95.3 cm³/mol. The van der Waals surface area contributed by atoms with Gasteiger partial charge in [-0.2, -0.15) is 0 Å². The Hall–Kier alpha value is -1.79. The molecule has 0 N–H and O–H groups in total. The summed E-state index contributed by atoms with van der Waals surface area (Å²) in [7, 11) is 2.18. The van der Waals surface area contributed by atoms with Gasteiger partial charge >= 0.3 is 0 Å². The highest BCUT2D eigenvalue weighted by atomic mass is 16.7.